The summed E-state index contributed by atoms with van der Waals surface area (Å²) >= 11 is 0. The topological polar surface area (TPSA) is 131 Å². The zero-order valence-corrected chi connectivity index (χ0v) is 22.6. The van der Waals surface area contributed by atoms with Crippen LogP contribution < -0.4 is 21.8 Å². The molecule has 1 saturated heterocycles. The van der Waals surface area contributed by atoms with Crippen molar-refractivity contribution >= 4 is 16.7 Å². The maximum Gasteiger partial charge on any atom is 0.430 e. The summed E-state index contributed by atoms with van der Waals surface area (Å²) in [6, 6.07) is 9.48. The average Bonchev–Trinajstić information content (AvgIpc) is 2.95. The van der Waals surface area contributed by atoms with E-state index in [2.05, 4.69) is 10.2 Å². The van der Waals surface area contributed by atoms with Gasteiger partial charge in [-0.3, -0.25) is 9.59 Å². The minimum absolute atomic E-state index is 0.0735. The number of carbonyl (C=O) groups excluding carboxylic acids is 1. The van der Waals surface area contributed by atoms with Crippen LogP contribution in [-0.2, 0) is 6.42 Å². The Morgan fingerprint density at radius 2 is 1.74 bits per heavy atom. The number of hydrogen-bond donors (Lipinski definition) is 3. The number of piperazine rings is 1. The van der Waals surface area contributed by atoms with Crippen molar-refractivity contribution in [1.82, 2.24) is 20.0 Å². The van der Waals surface area contributed by atoms with E-state index in [9.17, 15) is 27.2 Å². The van der Waals surface area contributed by atoms with Gasteiger partial charge in [-0.05, 0) is 67.3 Å². The molecule has 3 aromatic rings. The van der Waals surface area contributed by atoms with E-state index in [0.29, 0.717) is 33.9 Å². The van der Waals surface area contributed by atoms with Crippen molar-refractivity contribution in [1.29, 1.82) is 0 Å². The van der Waals surface area contributed by atoms with Crippen LogP contribution in [0, 0.1) is 5.82 Å². The standard InChI is InChI=1S/C29H30F4N6O3/c30-23-7-4-17(15-24-21-16-19(42-18-2-1-3-18)5-6-20(21)27(40)37-36-24)14-22(23)28(41)39-12-10-38(11-13-39)26(35)9-8-25(34)29(31,32)33/h4-9,14,16,18H,1-3,10-13,15,34-35H2,(H,37,40)/b25-8-,26-9+. The number of nitrogens with two attached hydrogens (primary N) is 2. The number of ether oxygens (including phenoxy) is 1. The zero-order chi connectivity index (χ0) is 30.0. The van der Waals surface area contributed by atoms with Gasteiger partial charge in [0.15, 0.2) is 0 Å². The van der Waals surface area contributed by atoms with Gasteiger partial charge >= 0.3 is 6.18 Å². The number of nitrogens with one attached hydrogen (secondary N) is 1. The summed E-state index contributed by atoms with van der Waals surface area (Å²) < 4.78 is 58.6. The third kappa shape index (κ3) is 6.34. The number of alkyl halides is 3. The Morgan fingerprint density at radius 3 is 2.40 bits per heavy atom. The Morgan fingerprint density at radius 1 is 1.02 bits per heavy atom. The number of rotatable bonds is 7. The molecule has 9 nitrogen and oxygen atoms in total. The van der Waals surface area contributed by atoms with Crippen molar-refractivity contribution in [3.05, 3.63) is 93.1 Å². The van der Waals surface area contributed by atoms with Gasteiger partial charge in [0, 0.05) is 38.0 Å². The number of fused-ring (bicyclic) bond motifs is 1. The molecule has 5 rings (SSSR count). The number of nitrogens with zero attached hydrogens (tertiary/aromatic N) is 3. The number of H-pyrrole nitrogens is 1. The van der Waals surface area contributed by atoms with E-state index in [1.165, 1.54) is 17.0 Å². The van der Waals surface area contributed by atoms with E-state index in [1.54, 1.807) is 29.2 Å². The number of aromatic nitrogens is 2. The molecule has 42 heavy (non-hydrogen) atoms. The first-order chi connectivity index (χ1) is 20.0. The number of halogens is 4. The molecule has 2 aliphatic rings. The highest BCUT2D eigenvalue weighted by molar-refractivity contribution is 5.95. The number of allylic oxidation sites excluding steroid dienone is 3. The van der Waals surface area contributed by atoms with Crippen molar-refractivity contribution in [3.8, 4) is 5.75 Å². The quantitative estimate of drug-likeness (QED) is 0.285. The molecule has 2 heterocycles. The Bertz CT molecular complexity index is 1610. The smallest absolute Gasteiger partial charge is 0.430 e. The van der Waals surface area contributed by atoms with Crippen LogP contribution in [0.4, 0.5) is 17.6 Å². The first kappa shape index (κ1) is 29.0. The summed E-state index contributed by atoms with van der Waals surface area (Å²) in [5, 5.41) is 7.79. The lowest BCUT2D eigenvalue weighted by Gasteiger charge is -2.36. The second-order valence-corrected chi connectivity index (χ2v) is 10.4. The molecule has 222 valence electrons. The van der Waals surface area contributed by atoms with Crippen molar-refractivity contribution < 1.29 is 27.1 Å². The SMILES string of the molecule is N/C(=C\C=C(/N)N1CCN(C(=O)c2cc(Cc3n[nH]c(=O)c4ccc(OC5CCC5)cc34)ccc2F)CC1)C(F)(F)F. The monoisotopic (exact) mass is 586 g/mol. The Hall–Kier alpha value is -4.55. The predicted molar refractivity (Wildman–Crippen MR) is 148 cm³/mol. The summed E-state index contributed by atoms with van der Waals surface area (Å²) in [5.41, 5.74) is 10.3. The van der Waals surface area contributed by atoms with Crippen molar-refractivity contribution in [2.24, 2.45) is 11.5 Å². The summed E-state index contributed by atoms with van der Waals surface area (Å²) in [5.74, 6) is -0.489. The van der Waals surface area contributed by atoms with Crippen molar-refractivity contribution in [2.75, 3.05) is 26.2 Å². The Labute approximate surface area is 238 Å². The molecule has 0 atom stereocenters. The molecule has 1 amide bonds. The van der Waals surface area contributed by atoms with E-state index in [1.807, 2.05) is 0 Å². The molecule has 2 aromatic carbocycles. The lowest BCUT2D eigenvalue weighted by Crippen LogP contribution is -2.49. The van der Waals surface area contributed by atoms with Crippen molar-refractivity contribution in [2.45, 2.75) is 38.0 Å². The summed E-state index contributed by atoms with van der Waals surface area (Å²) in [7, 11) is 0. The Balaban J connectivity index is 1.30. The first-order valence-corrected chi connectivity index (χ1v) is 13.5. The van der Waals surface area contributed by atoms with Gasteiger partial charge < -0.3 is 26.0 Å². The fourth-order valence-electron chi connectivity index (χ4n) is 4.84. The van der Waals surface area contributed by atoms with Gasteiger partial charge in [-0.1, -0.05) is 6.07 Å². The number of aromatic amines is 1. The van der Waals surface area contributed by atoms with Crippen LogP contribution in [0.5, 0.6) is 5.75 Å². The van der Waals surface area contributed by atoms with Crippen LogP contribution in [-0.4, -0.2) is 64.4 Å². The molecule has 0 radical (unpaired) electrons. The fourth-order valence-corrected chi connectivity index (χ4v) is 4.84. The largest absolute Gasteiger partial charge is 0.490 e. The second-order valence-electron chi connectivity index (χ2n) is 10.4. The van der Waals surface area contributed by atoms with Gasteiger partial charge in [-0.15, -0.1) is 0 Å². The van der Waals surface area contributed by atoms with E-state index >= 15 is 0 Å². The van der Waals surface area contributed by atoms with Gasteiger partial charge in [-0.2, -0.15) is 18.3 Å². The molecular weight excluding hydrogens is 556 g/mol. The zero-order valence-electron chi connectivity index (χ0n) is 22.6. The van der Waals surface area contributed by atoms with Crippen LogP contribution in [0.1, 0.15) is 40.9 Å². The van der Waals surface area contributed by atoms with Crippen LogP contribution in [0.3, 0.4) is 0 Å². The molecule has 5 N–H and O–H groups in total. The molecule has 2 fully saturated rings. The molecule has 1 aliphatic heterocycles. The number of benzene rings is 2. The van der Waals surface area contributed by atoms with Crippen LogP contribution in [0.15, 0.2) is 64.9 Å². The number of amides is 1. The number of hydrogen-bond acceptors (Lipinski definition) is 7. The summed E-state index contributed by atoms with van der Waals surface area (Å²) in [6.45, 7) is 0.859. The summed E-state index contributed by atoms with van der Waals surface area (Å²) in [4.78, 5) is 28.7. The third-order valence-corrected chi connectivity index (χ3v) is 7.52. The Kier molecular flexibility index (Phi) is 8.10. The highest BCUT2D eigenvalue weighted by atomic mass is 19.4. The highest BCUT2D eigenvalue weighted by Gasteiger charge is 2.31. The molecule has 1 aliphatic carbocycles. The molecule has 1 aromatic heterocycles. The lowest BCUT2D eigenvalue weighted by molar-refractivity contribution is -0.0926. The molecular formula is C29H30F4N6O3. The third-order valence-electron chi connectivity index (χ3n) is 7.52. The highest BCUT2D eigenvalue weighted by Crippen LogP contribution is 2.28. The molecule has 1 saturated carbocycles. The van der Waals surface area contributed by atoms with E-state index in [0.717, 1.165) is 25.3 Å². The second kappa shape index (κ2) is 11.7. The van der Waals surface area contributed by atoms with Gasteiger partial charge in [0.25, 0.3) is 11.5 Å². The predicted octanol–water partition coefficient (Wildman–Crippen LogP) is 3.55. The average molecular weight is 587 g/mol. The first-order valence-electron chi connectivity index (χ1n) is 13.5. The van der Waals surface area contributed by atoms with E-state index < -0.39 is 23.6 Å². The van der Waals surface area contributed by atoms with Gasteiger partial charge in [0.1, 0.15) is 17.3 Å². The summed E-state index contributed by atoms with van der Waals surface area (Å²) in [6.07, 6.45) is 0.577. The minimum atomic E-state index is -4.66. The van der Waals surface area contributed by atoms with Crippen LogP contribution in [0.25, 0.3) is 10.8 Å². The van der Waals surface area contributed by atoms with Gasteiger partial charge in [0.05, 0.1) is 28.6 Å². The molecule has 13 heteroatoms. The van der Waals surface area contributed by atoms with Gasteiger partial charge in [0.2, 0.25) is 0 Å². The van der Waals surface area contributed by atoms with E-state index in [4.69, 9.17) is 16.2 Å². The molecule has 0 bridgehead atoms. The normalized spacial score (nSPS) is 17.0. The minimum Gasteiger partial charge on any atom is -0.490 e. The maximum atomic E-state index is 14.8. The molecule has 0 unspecified atom stereocenters. The lowest BCUT2D eigenvalue weighted by atomic mass is 9.96. The van der Waals surface area contributed by atoms with Crippen LogP contribution >= 0.6 is 0 Å². The maximum absolute atomic E-state index is 14.8. The fraction of sp³-hybridized carbons (Fsp3) is 0.345. The van der Waals surface area contributed by atoms with Crippen molar-refractivity contribution in [3.63, 3.8) is 0 Å². The van der Waals surface area contributed by atoms with Crippen LogP contribution in [0.2, 0.25) is 0 Å². The molecule has 0 spiro atoms. The van der Waals surface area contributed by atoms with Gasteiger partial charge in [-0.25, -0.2) is 9.49 Å². The number of carbonyl (C=O) groups is 1. The van der Waals surface area contributed by atoms with E-state index in [-0.39, 0.29) is 55.6 Å².